The van der Waals surface area contributed by atoms with Gasteiger partial charge in [-0.2, -0.15) is 0 Å². The lowest BCUT2D eigenvalue weighted by molar-refractivity contribution is -0.0610. The van der Waals surface area contributed by atoms with Crippen LogP contribution in [-0.4, -0.2) is 47.6 Å². The van der Waals surface area contributed by atoms with Crippen molar-refractivity contribution < 1.29 is 0 Å². The van der Waals surface area contributed by atoms with E-state index < -0.39 is 0 Å². The highest BCUT2D eigenvalue weighted by Gasteiger charge is 2.40. The Hall–Kier alpha value is -0.0800. The van der Waals surface area contributed by atoms with Crippen molar-refractivity contribution in [2.45, 2.75) is 39.3 Å². The van der Waals surface area contributed by atoms with Gasteiger partial charge in [0.05, 0.1) is 0 Å². The third kappa shape index (κ3) is 1.75. The summed E-state index contributed by atoms with van der Waals surface area (Å²) in [4.78, 5) is 5.20. The Morgan fingerprint density at radius 1 is 1.00 bits per heavy atom. The quantitative estimate of drug-likeness (QED) is 0.605. The van der Waals surface area contributed by atoms with Crippen LogP contribution in [0.15, 0.2) is 0 Å². The summed E-state index contributed by atoms with van der Waals surface area (Å²) in [6, 6.07) is 0.871. The van der Waals surface area contributed by atoms with Gasteiger partial charge in [0.1, 0.15) is 0 Å². The van der Waals surface area contributed by atoms with Crippen molar-refractivity contribution in [1.82, 2.24) is 9.80 Å². The van der Waals surface area contributed by atoms with Crippen molar-refractivity contribution in [2.24, 2.45) is 5.92 Å². The molecule has 0 aromatic rings. The molecule has 2 aliphatic rings. The van der Waals surface area contributed by atoms with E-state index in [-0.39, 0.29) is 0 Å². The maximum atomic E-state index is 2.63. The fraction of sp³-hybridized carbons (Fsp3) is 1.00. The van der Waals surface area contributed by atoms with Crippen molar-refractivity contribution in [2.75, 3.05) is 26.2 Å². The van der Waals surface area contributed by atoms with E-state index in [0.717, 1.165) is 12.0 Å². The van der Waals surface area contributed by atoms with E-state index in [9.17, 15) is 0 Å². The lowest BCUT2D eigenvalue weighted by atomic mass is 9.92. The first kappa shape index (κ1) is 9.47. The molecule has 0 spiro atoms. The molecule has 2 heteroatoms. The molecule has 2 rings (SSSR count). The fourth-order valence-electron chi connectivity index (χ4n) is 2.28. The Bertz CT molecular complexity index is 183. The minimum atomic E-state index is 0.382. The SMILES string of the molecule is CC1CN(C2CN(C(C)(C)C)C2)C1. The van der Waals surface area contributed by atoms with Crippen molar-refractivity contribution >= 4 is 0 Å². The zero-order valence-electron chi connectivity index (χ0n) is 9.38. The molecule has 76 valence electrons. The Labute approximate surface area is 81.9 Å². The zero-order chi connectivity index (χ0) is 9.64. The largest absolute Gasteiger partial charge is 0.297 e. The summed E-state index contributed by atoms with van der Waals surface area (Å²) < 4.78 is 0. The fourth-order valence-corrected chi connectivity index (χ4v) is 2.28. The van der Waals surface area contributed by atoms with Gasteiger partial charge in [0.15, 0.2) is 0 Å². The molecule has 0 aromatic heterocycles. The average Bonchev–Trinajstić information content (AvgIpc) is 1.76. The van der Waals surface area contributed by atoms with E-state index in [1.165, 1.54) is 26.2 Å². The van der Waals surface area contributed by atoms with Crippen LogP contribution in [0, 0.1) is 5.92 Å². The van der Waals surface area contributed by atoms with E-state index in [2.05, 4.69) is 37.5 Å². The molecule has 0 aliphatic carbocycles. The number of likely N-dealkylation sites (tertiary alicyclic amines) is 2. The van der Waals surface area contributed by atoms with Gasteiger partial charge in [-0.25, -0.2) is 0 Å². The Kier molecular flexibility index (Phi) is 2.16. The highest BCUT2D eigenvalue weighted by molar-refractivity contribution is 4.97. The minimum absolute atomic E-state index is 0.382. The van der Waals surface area contributed by atoms with Crippen LogP contribution >= 0.6 is 0 Å². The third-order valence-corrected chi connectivity index (χ3v) is 3.42. The molecular weight excluding hydrogens is 160 g/mol. The van der Waals surface area contributed by atoms with Gasteiger partial charge in [0, 0.05) is 37.8 Å². The number of nitrogens with zero attached hydrogens (tertiary/aromatic N) is 2. The van der Waals surface area contributed by atoms with Gasteiger partial charge in [-0.3, -0.25) is 9.80 Å². The summed E-state index contributed by atoms with van der Waals surface area (Å²) >= 11 is 0. The maximum Gasteiger partial charge on any atom is 0.0351 e. The lowest BCUT2D eigenvalue weighted by Crippen LogP contribution is -2.68. The first-order valence-corrected chi connectivity index (χ1v) is 5.46. The van der Waals surface area contributed by atoms with Crippen molar-refractivity contribution in [3.05, 3.63) is 0 Å². The molecule has 0 aromatic carbocycles. The van der Waals surface area contributed by atoms with Crippen LogP contribution in [0.25, 0.3) is 0 Å². The van der Waals surface area contributed by atoms with Gasteiger partial charge in [-0.15, -0.1) is 0 Å². The smallest absolute Gasteiger partial charge is 0.0351 e. The van der Waals surface area contributed by atoms with E-state index in [1.807, 2.05) is 0 Å². The van der Waals surface area contributed by atoms with Crippen LogP contribution in [0.4, 0.5) is 0 Å². The number of hydrogen-bond acceptors (Lipinski definition) is 2. The normalized spacial score (nSPS) is 28.6. The Morgan fingerprint density at radius 2 is 1.54 bits per heavy atom. The van der Waals surface area contributed by atoms with Crippen molar-refractivity contribution in [1.29, 1.82) is 0 Å². The van der Waals surface area contributed by atoms with Gasteiger partial charge in [-0.1, -0.05) is 6.92 Å². The van der Waals surface area contributed by atoms with Gasteiger partial charge < -0.3 is 0 Å². The first-order chi connectivity index (χ1) is 5.97. The number of hydrogen-bond donors (Lipinski definition) is 0. The molecule has 0 amide bonds. The molecule has 0 N–H and O–H groups in total. The standard InChI is InChI=1S/C11H22N2/c1-9-5-12(6-9)10-7-13(8-10)11(2,3)4/h9-10H,5-8H2,1-4H3. The third-order valence-electron chi connectivity index (χ3n) is 3.42. The van der Waals surface area contributed by atoms with Crippen LogP contribution in [0.1, 0.15) is 27.7 Å². The summed E-state index contributed by atoms with van der Waals surface area (Å²) in [7, 11) is 0. The van der Waals surface area contributed by atoms with Gasteiger partial charge in [-0.05, 0) is 26.7 Å². The molecule has 0 saturated carbocycles. The van der Waals surface area contributed by atoms with E-state index in [0.29, 0.717) is 5.54 Å². The second-order valence-electron chi connectivity index (χ2n) is 5.79. The Morgan fingerprint density at radius 3 is 1.92 bits per heavy atom. The predicted octanol–water partition coefficient (Wildman–Crippen LogP) is 1.42. The van der Waals surface area contributed by atoms with Crippen LogP contribution in [0.3, 0.4) is 0 Å². The highest BCUT2D eigenvalue weighted by atomic mass is 15.4. The average molecular weight is 182 g/mol. The molecule has 2 fully saturated rings. The summed E-state index contributed by atoms with van der Waals surface area (Å²) in [5.74, 6) is 0.948. The van der Waals surface area contributed by atoms with Gasteiger partial charge >= 0.3 is 0 Å². The summed E-state index contributed by atoms with van der Waals surface area (Å²) in [6.07, 6.45) is 0. The number of rotatable bonds is 1. The van der Waals surface area contributed by atoms with Crippen LogP contribution in [-0.2, 0) is 0 Å². The van der Waals surface area contributed by atoms with Gasteiger partial charge in [0.25, 0.3) is 0 Å². The molecule has 2 heterocycles. The summed E-state index contributed by atoms with van der Waals surface area (Å²) in [5.41, 5.74) is 0.382. The molecule has 0 radical (unpaired) electrons. The van der Waals surface area contributed by atoms with Crippen molar-refractivity contribution in [3.63, 3.8) is 0 Å². The molecule has 0 unspecified atom stereocenters. The zero-order valence-corrected chi connectivity index (χ0v) is 9.38. The van der Waals surface area contributed by atoms with Crippen LogP contribution in [0.2, 0.25) is 0 Å². The summed E-state index contributed by atoms with van der Waals surface area (Å²) in [5, 5.41) is 0. The van der Waals surface area contributed by atoms with Crippen LogP contribution < -0.4 is 0 Å². The molecule has 2 saturated heterocycles. The van der Waals surface area contributed by atoms with E-state index in [4.69, 9.17) is 0 Å². The molecule has 0 atom stereocenters. The summed E-state index contributed by atoms with van der Waals surface area (Å²) in [6.45, 7) is 14.5. The highest BCUT2D eigenvalue weighted by Crippen LogP contribution is 2.28. The molecule has 0 bridgehead atoms. The van der Waals surface area contributed by atoms with Gasteiger partial charge in [0.2, 0.25) is 0 Å². The molecular formula is C11H22N2. The van der Waals surface area contributed by atoms with E-state index >= 15 is 0 Å². The second kappa shape index (κ2) is 2.96. The maximum absolute atomic E-state index is 2.63. The lowest BCUT2D eigenvalue weighted by Gasteiger charge is -2.55. The Balaban J connectivity index is 1.73. The minimum Gasteiger partial charge on any atom is -0.297 e. The monoisotopic (exact) mass is 182 g/mol. The molecule has 13 heavy (non-hydrogen) atoms. The topological polar surface area (TPSA) is 6.48 Å². The predicted molar refractivity (Wildman–Crippen MR) is 55.9 cm³/mol. The first-order valence-electron chi connectivity index (χ1n) is 5.46. The van der Waals surface area contributed by atoms with Crippen LogP contribution in [0.5, 0.6) is 0 Å². The second-order valence-corrected chi connectivity index (χ2v) is 5.79. The van der Waals surface area contributed by atoms with Crippen molar-refractivity contribution in [3.8, 4) is 0 Å². The van der Waals surface area contributed by atoms with E-state index in [1.54, 1.807) is 0 Å². The molecule has 2 nitrogen and oxygen atoms in total. The molecule has 2 aliphatic heterocycles.